The molecule has 0 radical (unpaired) electrons. The zero-order chi connectivity index (χ0) is 13.1. The summed E-state index contributed by atoms with van der Waals surface area (Å²) in [6.07, 6.45) is 0. The van der Waals surface area contributed by atoms with Gasteiger partial charge in [0.15, 0.2) is 0 Å². The van der Waals surface area contributed by atoms with Gasteiger partial charge in [-0.15, -0.1) is 0 Å². The fourth-order valence-electron chi connectivity index (χ4n) is 1.41. The molecule has 0 amide bonds. The minimum absolute atomic E-state index is 0.00194. The molecule has 0 spiro atoms. The standard InChI is InChI=1S/C13H6BrF2NO/c14-12-2-1-3-13(11(12)7-17)18-10-5-8(15)4-9(16)6-10/h1-6H. The molecule has 0 aliphatic heterocycles. The van der Waals surface area contributed by atoms with Crippen LogP contribution in [0.3, 0.4) is 0 Å². The van der Waals surface area contributed by atoms with Crippen molar-refractivity contribution in [2.45, 2.75) is 0 Å². The molecule has 0 saturated carbocycles. The van der Waals surface area contributed by atoms with Gasteiger partial charge in [0, 0.05) is 22.7 Å². The van der Waals surface area contributed by atoms with E-state index in [0.717, 1.165) is 18.2 Å². The van der Waals surface area contributed by atoms with E-state index >= 15 is 0 Å². The maximum atomic E-state index is 13.0. The van der Waals surface area contributed by atoms with Gasteiger partial charge in [0.25, 0.3) is 0 Å². The maximum absolute atomic E-state index is 13.0. The van der Waals surface area contributed by atoms with Gasteiger partial charge < -0.3 is 4.74 Å². The first-order valence-corrected chi connectivity index (χ1v) is 5.72. The van der Waals surface area contributed by atoms with Gasteiger partial charge >= 0.3 is 0 Å². The second-order valence-electron chi connectivity index (χ2n) is 3.43. The molecule has 90 valence electrons. The summed E-state index contributed by atoms with van der Waals surface area (Å²) < 4.78 is 31.9. The predicted octanol–water partition coefficient (Wildman–Crippen LogP) is 4.39. The summed E-state index contributed by atoms with van der Waals surface area (Å²) in [5.74, 6) is -1.24. The van der Waals surface area contributed by atoms with E-state index in [1.807, 2.05) is 6.07 Å². The molecule has 2 aromatic rings. The lowest BCUT2D eigenvalue weighted by molar-refractivity contribution is 0.466. The third kappa shape index (κ3) is 2.66. The predicted molar refractivity (Wildman–Crippen MR) is 65.3 cm³/mol. The first-order chi connectivity index (χ1) is 8.60. The zero-order valence-electron chi connectivity index (χ0n) is 8.95. The van der Waals surface area contributed by atoms with Crippen molar-refractivity contribution >= 4 is 15.9 Å². The van der Waals surface area contributed by atoms with E-state index in [2.05, 4.69) is 15.9 Å². The number of rotatable bonds is 2. The molecule has 2 nitrogen and oxygen atoms in total. The Morgan fingerprint density at radius 1 is 1.11 bits per heavy atom. The molecule has 0 atom stereocenters. The molecule has 5 heteroatoms. The van der Waals surface area contributed by atoms with Crippen LogP contribution >= 0.6 is 15.9 Å². The Bertz CT molecular complexity index is 617. The van der Waals surface area contributed by atoms with Crippen molar-refractivity contribution in [1.29, 1.82) is 5.26 Å². The normalized spacial score (nSPS) is 9.89. The lowest BCUT2D eigenvalue weighted by atomic mass is 10.2. The molecule has 0 aromatic heterocycles. The van der Waals surface area contributed by atoms with Crippen molar-refractivity contribution in [2.75, 3.05) is 0 Å². The van der Waals surface area contributed by atoms with E-state index in [1.54, 1.807) is 18.2 Å². The molecule has 0 N–H and O–H groups in total. The molecule has 0 bridgehead atoms. The first kappa shape index (κ1) is 12.5. The summed E-state index contributed by atoms with van der Waals surface area (Å²) in [6.45, 7) is 0. The van der Waals surface area contributed by atoms with Crippen LogP contribution in [0.15, 0.2) is 40.9 Å². The summed E-state index contributed by atoms with van der Waals surface area (Å²) >= 11 is 3.20. The summed E-state index contributed by atoms with van der Waals surface area (Å²) in [5, 5.41) is 8.98. The Labute approximate surface area is 111 Å². The second-order valence-corrected chi connectivity index (χ2v) is 4.29. The number of nitrogens with zero attached hydrogens (tertiary/aromatic N) is 1. The van der Waals surface area contributed by atoms with Gasteiger partial charge in [-0.2, -0.15) is 5.26 Å². The van der Waals surface area contributed by atoms with E-state index in [0.29, 0.717) is 4.47 Å². The summed E-state index contributed by atoms with van der Waals surface area (Å²) in [4.78, 5) is 0. The number of nitriles is 1. The van der Waals surface area contributed by atoms with Gasteiger partial charge in [0.1, 0.15) is 34.8 Å². The highest BCUT2D eigenvalue weighted by molar-refractivity contribution is 9.10. The Balaban J connectivity index is 2.40. The molecule has 2 rings (SSSR count). The minimum Gasteiger partial charge on any atom is -0.456 e. The fourth-order valence-corrected chi connectivity index (χ4v) is 1.85. The van der Waals surface area contributed by atoms with Crippen LogP contribution in [-0.2, 0) is 0 Å². The Morgan fingerprint density at radius 3 is 2.39 bits per heavy atom. The average Bonchev–Trinajstić information content (AvgIpc) is 2.27. The highest BCUT2D eigenvalue weighted by Crippen LogP contribution is 2.30. The van der Waals surface area contributed by atoms with E-state index in [9.17, 15) is 8.78 Å². The largest absolute Gasteiger partial charge is 0.456 e. The van der Waals surface area contributed by atoms with Gasteiger partial charge in [-0.3, -0.25) is 0 Å². The molecule has 0 aliphatic carbocycles. The highest BCUT2D eigenvalue weighted by atomic mass is 79.9. The van der Waals surface area contributed by atoms with Crippen LogP contribution < -0.4 is 4.74 Å². The number of hydrogen-bond donors (Lipinski definition) is 0. The fraction of sp³-hybridized carbons (Fsp3) is 0. The lowest BCUT2D eigenvalue weighted by Crippen LogP contribution is -1.91. The zero-order valence-corrected chi connectivity index (χ0v) is 10.5. The third-order valence-electron chi connectivity index (χ3n) is 2.15. The van der Waals surface area contributed by atoms with E-state index in [4.69, 9.17) is 10.00 Å². The molecule has 18 heavy (non-hydrogen) atoms. The van der Waals surface area contributed by atoms with Crippen molar-refractivity contribution in [3.63, 3.8) is 0 Å². The Kier molecular flexibility index (Phi) is 3.58. The van der Waals surface area contributed by atoms with Crippen molar-refractivity contribution < 1.29 is 13.5 Å². The van der Waals surface area contributed by atoms with Crippen molar-refractivity contribution in [1.82, 2.24) is 0 Å². The maximum Gasteiger partial charge on any atom is 0.146 e. The Hall–Kier alpha value is -1.93. The number of hydrogen-bond acceptors (Lipinski definition) is 2. The van der Waals surface area contributed by atoms with Crippen LogP contribution in [0.1, 0.15) is 5.56 Å². The summed E-state index contributed by atoms with van der Waals surface area (Å²) in [6, 6.07) is 9.68. The van der Waals surface area contributed by atoms with E-state index in [1.165, 1.54) is 0 Å². The average molecular weight is 310 g/mol. The van der Waals surface area contributed by atoms with Gasteiger partial charge in [-0.25, -0.2) is 8.78 Å². The van der Waals surface area contributed by atoms with Crippen LogP contribution in [0.2, 0.25) is 0 Å². The minimum atomic E-state index is -0.737. The number of benzene rings is 2. The molecule has 0 fully saturated rings. The monoisotopic (exact) mass is 309 g/mol. The summed E-state index contributed by atoms with van der Waals surface area (Å²) in [7, 11) is 0. The topological polar surface area (TPSA) is 33.0 Å². The van der Waals surface area contributed by atoms with Crippen molar-refractivity contribution in [3.8, 4) is 17.6 Å². The molecule has 0 saturated heterocycles. The van der Waals surface area contributed by atoms with Gasteiger partial charge in [0.2, 0.25) is 0 Å². The quantitative estimate of drug-likeness (QED) is 0.824. The van der Waals surface area contributed by atoms with Crippen LogP contribution in [0.5, 0.6) is 11.5 Å². The molecular formula is C13H6BrF2NO. The number of halogens is 3. The first-order valence-electron chi connectivity index (χ1n) is 4.92. The van der Waals surface area contributed by atoms with Crippen molar-refractivity contribution in [2.24, 2.45) is 0 Å². The molecule has 0 aliphatic rings. The molecular weight excluding hydrogens is 304 g/mol. The molecule has 0 heterocycles. The van der Waals surface area contributed by atoms with Gasteiger partial charge in [0.05, 0.1) is 0 Å². The van der Waals surface area contributed by atoms with Crippen LogP contribution in [0, 0.1) is 23.0 Å². The van der Waals surface area contributed by atoms with E-state index < -0.39 is 11.6 Å². The molecule has 0 unspecified atom stereocenters. The van der Waals surface area contributed by atoms with Gasteiger partial charge in [-0.05, 0) is 28.1 Å². The highest BCUT2D eigenvalue weighted by Gasteiger charge is 2.09. The third-order valence-corrected chi connectivity index (χ3v) is 2.81. The number of ether oxygens (including phenoxy) is 1. The van der Waals surface area contributed by atoms with E-state index in [-0.39, 0.29) is 17.1 Å². The second kappa shape index (κ2) is 5.15. The van der Waals surface area contributed by atoms with Gasteiger partial charge in [-0.1, -0.05) is 6.07 Å². The van der Waals surface area contributed by atoms with Crippen LogP contribution in [0.4, 0.5) is 8.78 Å². The lowest BCUT2D eigenvalue weighted by Gasteiger charge is -2.08. The van der Waals surface area contributed by atoms with Crippen molar-refractivity contribution in [3.05, 3.63) is 58.1 Å². The SMILES string of the molecule is N#Cc1c(Br)cccc1Oc1cc(F)cc(F)c1. The summed E-state index contributed by atoms with van der Waals surface area (Å²) in [5.41, 5.74) is 0.266. The molecule has 2 aromatic carbocycles. The Morgan fingerprint density at radius 2 is 1.78 bits per heavy atom. The van der Waals surface area contributed by atoms with Crippen LogP contribution in [0.25, 0.3) is 0 Å². The smallest absolute Gasteiger partial charge is 0.146 e. The van der Waals surface area contributed by atoms with Crippen LogP contribution in [-0.4, -0.2) is 0 Å².